The first-order chi connectivity index (χ1) is 8.35. The van der Waals surface area contributed by atoms with E-state index in [1.807, 2.05) is 0 Å². The van der Waals surface area contributed by atoms with Gasteiger partial charge in [0.15, 0.2) is 0 Å². The highest BCUT2D eigenvalue weighted by Gasteiger charge is 2.37. The van der Waals surface area contributed by atoms with Gasteiger partial charge in [-0.15, -0.1) is 0 Å². The van der Waals surface area contributed by atoms with E-state index < -0.39 is 0 Å². The van der Waals surface area contributed by atoms with Crippen molar-refractivity contribution in [1.82, 2.24) is 10.2 Å². The predicted molar refractivity (Wildman–Crippen MR) is 69.0 cm³/mol. The van der Waals surface area contributed by atoms with Gasteiger partial charge in [0.2, 0.25) is 0 Å². The molecule has 2 N–H and O–H groups in total. The second kappa shape index (κ2) is 5.25. The summed E-state index contributed by atoms with van der Waals surface area (Å²) in [5.74, 6) is 0.813. The molecule has 2 unspecified atom stereocenters. The molecule has 0 spiro atoms. The molecule has 3 aliphatic rings. The van der Waals surface area contributed by atoms with Gasteiger partial charge in [-0.1, -0.05) is 0 Å². The lowest BCUT2D eigenvalue weighted by Gasteiger charge is -2.38. The summed E-state index contributed by atoms with van der Waals surface area (Å²) in [7, 11) is 0. The number of likely N-dealkylation sites (tertiary alicyclic amines) is 1. The zero-order chi connectivity index (χ0) is 11.7. The Morgan fingerprint density at radius 3 is 2.53 bits per heavy atom. The molecule has 3 rings (SSSR count). The van der Waals surface area contributed by atoms with Crippen LogP contribution in [0.1, 0.15) is 44.9 Å². The Bertz CT molecular complexity index is 251. The molecule has 0 bridgehead atoms. The molecule has 0 amide bonds. The molecular formula is C14H26N2O. The number of hydrogen-bond donors (Lipinski definition) is 2. The second-order valence-electron chi connectivity index (χ2n) is 6.29. The van der Waals surface area contributed by atoms with Gasteiger partial charge in [0, 0.05) is 37.8 Å². The molecule has 1 saturated heterocycles. The third-order valence-electron chi connectivity index (χ3n) is 4.45. The number of rotatable bonds is 6. The molecule has 2 aliphatic carbocycles. The SMILES string of the molecule is OCCCC1CC(NC2CC2)CN(C2CC2)C1. The van der Waals surface area contributed by atoms with Crippen LogP contribution in [-0.4, -0.2) is 47.8 Å². The van der Waals surface area contributed by atoms with Crippen LogP contribution >= 0.6 is 0 Å². The average Bonchev–Trinajstić information content (AvgIpc) is 3.17. The van der Waals surface area contributed by atoms with E-state index in [0.717, 1.165) is 30.5 Å². The Morgan fingerprint density at radius 2 is 1.88 bits per heavy atom. The van der Waals surface area contributed by atoms with Gasteiger partial charge >= 0.3 is 0 Å². The molecule has 2 atom stereocenters. The topological polar surface area (TPSA) is 35.5 Å². The van der Waals surface area contributed by atoms with Crippen LogP contribution in [0.4, 0.5) is 0 Å². The number of aliphatic hydroxyl groups excluding tert-OH is 1. The van der Waals surface area contributed by atoms with Crippen LogP contribution in [0.5, 0.6) is 0 Å². The lowest BCUT2D eigenvalue weighted by molar-refractivity contribution is 0.122. The van der Waals surface area contributed by atoms with Gasteiger partial charge in [-0.05, 0) is 50.9 Å². The van der Waals surface area contributed by atoms with Gasteiger partial charge in [0.25, 0.3) is 0 Å². The van der Waals surface area contributed by atoms with Crippen molar-refractivity contribution in [3.05, 3.63) is 0 Å². The number of nitrogens with zero attached hydrogens (tertiary/aromatic N) is 1. The zero-order valence-electron chi connectivity index (χ0n) is 10.8. The third kappa shape index (κ3) is 3.43. The maximum atomic E-state index is 8.98. The van der Waals surface area contributed by atoms with Crippen LogP contribution in [0.2, 0.25) is 0 Å². The highest BCUT2D eigenvalue weighted by Crippen LogP contribution is 2.33. The molecule has 3 nitrogen and oxygen atoms in total. The smallest absolute Gasteiger partial charge is 0.0431 e. The summed E-state index contributed by atoms with van der Waals surface area (Å²) in [4.78, 5) is 2.71. The monoisotopic (exact) mass is 238 g/mol. The van der Waals surface area contributed by atoms with Crippen LogP contribution < -0.4 is 5.32 Å². The Kier molecular flexibility index (Phi) is 3.69. The van der Waals surface area contributed by atoms with Gasteiger partial charge in [-0.25, -0.2) is 0 Å². The van der Waals surface area contributed by atoms with E-state index in [1.54, 1.807) is 0 Å². The van der Waals surface area contributed by atoms with Crippen molar-refractivity contribution >= 4 is 0 Å². The second-order valence-corrected chi connectivity index (χ2v) is 6.29. The van der Waals surface area contributed by atoms with E-state index in [9.17, 15) is 0 Å². The molecule has 0 aromatic heterocycles. The fourth-order valence-corrected chi connectivity index (χ4v) is 3.27. The van der Waals surface area contributed by atoms with Gasteiger partial charge in [-0.2, -0.15) is 0 Å². The molecule has 0 aromatic carbocycles. The fourth-order valence-electron chi connectivity index (χ4n) is 3.27. The van der Waals surface area contributed by atoms with E-state index in [2.05, 4.69) is 10.2 Å². The molecule has 3 fully saturated rings. The summed E-state index contributed by atoms with van der Waals surface area (Å²) in [6, 6.07) is 2.45. The van der Waals surface area contributed by atoms with E-state index >= 15 is 0 Å². The highest BCUT2D eigenvalue weighted by atomic mass is 16.2. The molecule has 1 aliphatic heterocycles. The van der Waals surface area contributed by atoms with Gasteiger partial charge in [0.1, 0.15) is 0 Å². The predicted octanol–water partition coefficient (Wildman–Crippen LogP) is 1.36. The first-order valence-corrected chi connectivity index (χ1v) is 7.46. The van der Waals surface area contributed by atoms with E-state index in [4.69, 9.17) is 5.11 Å². The van der Waals surface area contributed by atoms with E-state index in [-0.39, 0.29) is 0 Å². The molecule has 98 valence electrons. The van der Waals surface area contributed by atoms with Gasteiger partial charge < -0.3 is 10.4 Å². The summed E-state index contributed by atoms with van der Waals surface area (Å²) in [5.41, 5.74) is 0. The Balaban J connectivity index is 1.52. The quantitative estimate of drug-likeness (QED) is 0.733. The van der Waals surface area contributed by atoms with Crippen LogP contribution in [0.15, 0.2) is 0 Å². The minimum atomic E-state index is 0.362. The lowest BCUT2D eigenvalue weighted by atomic mass is 9.90. The van der Waals surface area contributed by atoms with Gasteiger partial charge in [0.05, 0.1) is 0 Å². The largest absolute Gasteiger partial charge is 0.396 e. The van der Waals surface area contributed by atoms with Crippen molar-refractivity contribution in [1.29, 1.82) is 0 Å². The standard InChI is InChI=1S/C14H26N2O/c17-7-1-2-11-8-13(15-12-3-4-12)10-16(9-11)14-5-6-14/h11-15,17H,1-10H2. The summed E-state index contributed by atoms with van der Waals surface area (Å²) < 4.78 is 0. The van der Waals surface area contributed by atoms with Gasteiger partial charge in [-0.3, -0.25) is 4.90 Å². The van der Waals surface area contributed by atoms with Crippen molar-refractivity contribution in [3.63, 3.8) is 0 Å². The average molecular weight is 238 g/mol. The summed E-state index contributed by atoms with van der Waals surface area (Å²) in [6.07, 6.45) is 9.15. The Morgan fingerprint density at radius 1 is 1.06 bits per heavy atom. The summed E-state index contributed by atoms with van der Waals surface area (Å²) in [6.45, 7) is 2.92. The van der Waals surface area contributed by atoms with Crippen molar-refractivity contribution < 1.29 is 5.11 Å². The van der Waals surface area contributed by atoms with Crippen molar-refractivity contribution in [2.75, 3.05) is 19.7 Å². The Hall–Kier alpha value is -0.120. The third-order valence-corrected chi connectivity index (χ3v) is 4.45. The van der Waals surface area contributed by atoms with Crippen molar-refractivity contribution in [2.24, 2.45) is 5.92 Å². The zero-order valence-corrected chi connectivity index (χ0v) is 10.8. The summed E-state index contributed by atoms with van der Waals surface area (Å²) in [5, 5.41) is 12.8. The minimum Gasteiger partial charge on any atom is -0.396 e. The van der Waals surface area contributed by atoms with Crippen molar-refractivity contribution in [2.45, 2.75) is 63.1 Å². The molecule has 0 aromatic rings. The minimum absolute atomic E-state index is 0.362. The molecule has 2 saturated carbocycles. The van der Waals surface area contributed by atoms with E-state index in [1.165, 1.54) is 51.6 Å². The lowest BCUT2D eigenvalue weighted by Crippen LogP contribution is -2.50. The molecular weight excluding hydrogens is 212 g/mol. The van der Waals surface area contributed by atoms with Crippen LogP contribution in [0.25, 0.3) is 0 Å². The maximum absolute atomic E-state index is 8.98. The number of hydrogen-bond acceptors (Lipinski definition) is 3. The summed E-state index contributed by atoms with van der Waals surface area (Å²) >= 11 is 0. The van der Waals surface area contributed by atoms with Crippen LogP contribution in [-0.2, 0) is 0 Å². The Labute approximate surface area is 105 Å². The first kappa shape index (κ1) is 11.9. The van der Waals surface area contributed by atoms with Crippen molar-refractivity contribution in [3.8, 4) is 0 Å². The fraction of sp³-hybridized carbons (Fsp3) is 1.00. The molecule has 1 heterocycles. The van der Waals surface area contributed by atoms with Crippen LogP contribution in [0, 0.1) is 5.92 Å². The molecule has 17 heavy (non-hydrogen) atoms. The van der Waals surface area contributed by atoms with E-state index in [0.29, 0.717) is 6.61 Å². The highest BCUT2D eigenvalue weighted by molar-refractivity contribution is 4.95. The normalized spacial score (nSPS) is 35.1. The van der Waals surface area contributed by atoms with Crippen LogP contribution in [0.3, 0.4) is 0 Å². The molecule has 0 radical (unpaired) electrons. The number of aliphatic hydroxyl groups is 1. The molecule has 3 heteroatoms. The number of piperidine rings is 1. The maximum Gasteiger partial charge on any atom is 0.0431 e. The number of nitrogens with one attached hydrogen (secondary N) is 1. The first-order valence-electron chi connectivity index (χ1n) is 7.46.